The monoisotopic (exact) mass is 465 g/mol. The van der Waals surface area contributed by atoms with E-state index in [1.54, 1.807) is 0 Å². The first-order chi connectivity index (χ1) is 12.2. The van der Waals surface area contributed by atoms with E-state index in [9.17, 15) is 5.11 Å². The van der Waals surface area contributed by atoms with Gasteiger partial charge in [-0.15, -0.1) is 24.0 Å². The molecule has 2 aromatic carbocycles. The van der Waals surface area contributed by atoms with Gasteiger partial charge in [0, 0.05) is 13.1 Å². The molecule has 2 aromatic rings. The van der Waals surface area contributed by atoms with Gasteiger partial charge in [-0.3, -0.25) is 0 Å². The van der Waals surface area contributed by atoms with Crippen LogP contribution in [0.1, 0.15) is 30.0 Å². The lowest BCUT2D eigenvalue weighted by Gasteiger charge is -2.22. The second-order valence-corrected chi connectivity index (χ2v) is 6.55. The topological polar surface area (TPSA) is 56.7 Å². The highest BCUT2D eigenvalue weighted by Crippen LogP contribution is 2.36. The Balaban J connectivity index is 0.00000243. The van der Waals surface area contributed by atoms with Crippen LogP contribution in [0, 0.1) is 0 Å². The van der Waals surface area contributed by atoms with Crippen LogP contribution in [-0.2, 0) is 18.4 Å². The summed E-state index contributed by atoms with van der Waals surface area (Å²) in [5.74, 6) is 0.760. The number of hydrogen-bond acceptors (Lipinski definition) is 2. The van der Waals surface area contributed by atoms with Gasteiger partial charge in [0.25, 0.3) is 0 Å². The van der Waals surface area contributed by atoms with Gasteiger partial charge in [-0.05, 0) is 42.9 Å². The summed E-state index contributed by atoms with van der Waals surface area (Å²) in [6.07, 6.45) is 2.60. The molecule has 0 spiro atoms. The van der Waals surface area contributed by atoms with Crippen LogP contribution in [0.25, 0.3) is 0 Å². The van der Waals surface area contributed by atoms with E-state index < -0.39 is 5.60 Å². The van der Waals surface area contributed by atoms with Crippen LogP contribution in [0.4, 0.5) is 0 Å². The molecule has 0 bridgehead atoms. The summed E-state index contributed by atoms with van der Waals surface area (Å²) >= 11 is 0. The normalized spacial score (nSPS) is 18.8. The molecule has 1 aliphatic carbocycles. The second kappa shape index (κ2) is 9.92. The van der Waals surface area contributed by atoms with Crippen LogP contribution >= 0.6 is 24.0 Å². The molecule has 0 amide bonds. The van der Waals surface area contributed by atoms with E-state index in [1.807, 2.05) is 31.2 Å². The van der Waals surface area contributed by atoms with E-state index in [4.69, 9.17) is 0 Å². The predicted molar refractivity (Wildman–Crippen MR) is 118 cm³/mol. The molecule has 1 unspecified atom stereocenters. The summed E-state index contributed by atoms with van der Waals surface area (Å²) < 4.78 is 0. The molecule has 140 valence electrons. The third kappa shape index (κ3) is 5.20. The van der Waals surface area contributed by atoms with Gasteiger partial charge >= 0.3 is 0 Å². The highest BCUT2D eigenvalue weighted by atomic mass is 127. The molecular weight excluding hydrogens is 437 g/mol. The number of fused-ring (bicyclic) bond motifs is 1. The molecule has 1 atom stereocenters. The summed E-state index contributed by atoms with van der Waals surface area (Å²) in [5.41, 5.74) is 2.72. The van der Waals surface area contributed by atoms with E-state index in [0.717, 1.165) is 43.9 Å². The summed E-state index contributed by atoms with van der Waals surface area (Å²) in [5, 5.41) is 17.6. The maximum atomic E-state index is 11.0. The fourth-order valence-electron chi connectivity index (χ4n) is 3.35. The molecular formula is C21H28IN3O. The highest BCUT2D eigenvalue weighted by molar-refractivity contribution is 14.0. The highest BCUT2D eigenvalue weighted by Gasteiger charge is 2.36. The number of benzene rings is 2. The van der Waals surface area contributed by atoms with Crippen molar-refractivity contribution in [2.24, 2.45) is 4.99 Å². The Bertz CT molecular complexity index is 720. The summed E-state index contributed by atoms with van der Waals surface area (Å²) in [6.45, 7) is 4.04. The number of nitrogens with one attached hydrogen (secondary N) is 2. The summed E-state index contributed by atoms with van der Waals surface area (Å²) in [4.78, 5) is 4.64. The minimum atomic E-state index is -0.849. The lowest BCUT2D eigenvalue weighted by Crippen LogP contribution is -2.39. The Hall–Kier alpha value is -1.60. The fraction of sp³-hybridized carbons (Fsp3) is 0.381. The Labute approximate surface area is 173 Å². The zero-order valence-electron chi connectivity index (χ0n) is 15.2. The molecule has 5 heteroatoms. The lowest BCUT2D eigenvalue weighted by molar-refractivity contribution is 0.0485. The maximum Gasteiger partial charge on any atom is 0.191 e. The van der Waals surface area contributed by atoms with Gasteiger partial charge < -0.3 is 15.7 Å². The lowest BCUT2D eigenvalue weighted by atomic mass is 9.96. The average Bonchev–Trinajstić information content (AvgIpc) is 2.98. The largest absolute Gasteiger partial charge is 0.383 e. The third-order valence-electron chi connectivity index (χ3n) is 4.72. The van der Waals surface area contributed by atoms with Gasteiger partial charge in [0.15, 0.2) is 5.96 Å². The number of aliphatic hydroxyl groups is 1. The minimum absolute atomic E-state index is 0. The molecule has 3 N–H and O–H groups in total. The van der Waals surface area contributed by atoms with Crippen molar-refractivity contribution in [3.63, 3.8) is 0 Å². The molecule has 0 aromatic heterocycles. The molecule has 1 aliphatic rings. The number of aryl methyl sites for hydroxylation is 1. The van der Waals surface area contributed by atoms with Crippen molar-refractivity contribution < 1.29 is 5.11 Å². The maximum absolute atomic E-state index is 11.0. The molecule has 0 radical (unpaired) electrons. The van der Waals surface area contributed by atoms with Gasteiger partial charge in [0.2, 0.25) is 0 Å². The van der Waals surface area contributed by atoms with E-state index in [-0.39, 0.29) is 24.0 Å². The van der Waals surface area contributed by atoms with Crippen LogP contribution in [0.2, 0.25) is 0 Å². The SMILES string of the molecule is CCNC(=NCC1(O)CCc2ccccc21)NCCc1ccccc1.I. The van der Waals surface area contributed by atoms with E-state index >= 15 is 0 Å². The zero-order valence-corrected chi connectivity index (χ0v) is 17.6. The van der Waals surface area contributed by atoms with Crippen molar-refractivity contribution in [2.45, 2.75) is 31.8 Å². The Kier molecular flexibility index (Phi) is 7.90. The molecule has 3 rings (SSSR count). The third-order valence-corrected chi connectivity index (χ3v) is 4.72. The Morgan fingerprint density at radius 3 is 2.58 bits per heavy atom. The number of nitrogens with zero attached hydrogens (tertiary/aromatic N) is 1. The first-order valence-electron chi connectivity index (χ1n) is 9.08. The molecule has 0 aliphatic heterocycles. The molecule has 0 saturated carbocycles. The summed E-state index contributed by atoms with van der Waals surface area (Å²) in [6, 6.07) is 18.5. The summed E-state index contributed by atoms with van der Waals surface area (Å²) in [7, 11) is 0. The van der Waals surface area contributed by atoms with Crippen LogP contribution in [0.5, 0.6) is 0 Å². The number of rotatable bonds is 6. The standard InChI is InChI=1S/C21H27N3O.HI/c1-2-22-20(23-15-13-17-8-4-3-5-9-17)24-16-21(25)14-12-18-10-6-7-11-19(18)21;/h3-11,25H,2,12-16H2,1H3,(H2,22,23,24);1H. The van der Waals surface area contributed by atoms with Gasteiger partial charge in [-0.25, -0.2) is 4.99 Å². The van der Waals surface area contributed by atoms with Crippen LogP contribution < -0.4 is 10.6 Å². The predicted octanol–water partition coefficient (Wildman–Crippen LogP) is 3.24. The van der Waals surface area contributed by atoms with Gasteiger partial charge in [-0.2, -0.15) is 0 Å². The van der Waals surface area contributed by atoms with E-state index in [2.05, 4.69) is 46.0 Å². The number of halogens is 1. The van der Waals surface area contributed by atoms with Crippen LogP contribution in [0.15, 0.2) is 59.6 Å². The average molecular weight is 465 g/mol. The molecule has 0 fully saturated rings. The number of guanidine groups is 1. The quantitative estimate of drug-likeness (QED) is 0.349. The van der Waals surface area contributed by atoms with E-state index in [1.165, 1.54) is 11.1 Å². The first kappa shape index (κ1) is 20.7. The number of aliphatic imine (C=N–C) groups is 1. The molecule has 26 heavy (non-hydrogen) atoms. The van der Waals surface area contributed by atoms with Gasteiger partial charge in [-0.1, -0.05) is 54.6 Å². The van der Waals surface area contributed by atoms with Crippen molar-refractivity contribution in [1.29, 1.82) is 0 Å². The smallest absolute Gasteiger partial charge is 0.191 e. The fourth-order valence-corrected chi connectivity index (χ4v) is 3.35. The van der Waals surface area contributed by atoms with Gasteiger partial charge in [0.05, 0.1) is 6.54 Å². The molecule has 4 nitrogen and oxygen atoms in total. The van der Waals surface area contributed by atoms with E-state index in [0.29, 0.717) is 6.54 Å². The van der Waals surface area contributed by atoms with Gasteiger partial charge in [0.1, 0.15) is 5.60 Å². The van der Waals surface area contributed by atoms with Crippen LogP contribution in [-0.4, -0.2) is 30.7 Å². The molecule has 0 heterocycles. The second-order valence-electron chi connectivity index (χ2n) is 6.55. The van der Waals surface area contributed by atoms with Crippen LogP contribution in [0.3, 0.4) is 0 Å². The minimum Gasteiger partial charge on any atom is -0.383 e. The Morgan fingerprint density at radius 1 is 1.08 bits per heavy atom. The van der Waals surface area contributed by atoms with Crippen molar-refractivity contribution in [3.05, 3.63) is 71.3 Å². The van der Waals surface area contributed by atoms with Crippen molar-refractivity contribution >= 4 is 29.9 Å². The first-order valence-corrected chi connectivity index (χ1v) is 9.08. The van der Waals surface area contributed by atoms with Crippen molar-refractivity contribution in [1.82, 2.24) is 10.6 Å². The zero-order chi connectivity index (χ0) is 17.5. The Morgan fingerprint density at radius 2 is 1.81 bits per heavy atom. The van der Waals surface area contributed by atoms with Crippen molar-refractivity contribution in [2.75, 3.05) is 19.6 Å². The number of hydrogen-bond donors (Lipinski definition) is 3. The molecule has 0 saturated heterocycles. The van der Waals surface area contributed by atoms with Crippen molar-refractivity contribution in [3.8, 4) is 0 Å².